The highest BCUT2D eigenvalue weighted by Gasteiger charge is 2.10. The van der Waals surface area contributed by atoms with Gasteiger partial charge in [-0.3, -0.25) is 9.97 Å². The van der Waals surface area contributed by atoms with Crippen LogP contribution in [0, 0.1) is 6.92 Å². The molecular weight excluding hydrogens is 160 g/mol. The van der Waals surface area contributed by atoms with E-state index in [-0.39, 0.29) is 0 Å². The first-order valence-electron chi connectivity index (χ1n) is 5.17. The summed E-state index contributed by atoms with van der Waals surface area (Å²) >= 11 is 0. The Balaban J connectivity index is 0.000000396. The van der Waals surface area contributed by atoms with E-state index in [1.165, 1.54) is 24.2 Å². The Hall–Kier alpha value is -0.920. The molecule has 0 saturated carbocycles. The van der Waals surface area contributed by atoms with E-state index in [2.05, 4.69) is 9.97 Å². The third-order valence-corrected chi connectivity index (χ3v) is 2.13. The van der Waals surface area contributed by atoms with Crippen molar-refractivity contribution in [2.24, 2.45) is 0 Å². The van der Waals surface area contributed by atoms with Crippen LogP contribution in [0.1, 0.15) is 43.8 Å². The van der Waals surface area contributed by atoms with Crippen LogP contribution in [0.4, 0.5) is 0 Å². The second kappa shape index (κ2) is 4.95. The number of hydrogen-bond acceptors (Lipinski definition) is 2. The van der Waals surface area contributed by atoms with Crippen molar-refractivity contribution in [1.82, 2.24) is 9.97 Å². The van der Waals surface area contributed by atoms with Crippen LogP contribution in [0.15, 0.2) is 6.20 Å². The van der Waals surface area contributed by atoms with E-state index in [9.17, 15) is 0 Å². The lowest BCUT2D eigenvalue weighted by Crippen LogP contribution is -2.08. The first-order chi connectivity index (χ1) is 6.36. The molecular formula is C11H18N2. The number of aryl methyl sites for hydroxylation is 3. The molecule has 0 atom stereocenters. The lowest BCUT2D eigenvalue weighted by Gasteiger charge is -2.12. The molecule has 2 nitrogen and oxygen atoms in total. The molecule has 0 saturated heterocycles. The first-order valence-corrected chi connectivity index (χ1v) is 5.17. The Morgan fingerprint density at radius 2 is 1.69 bits per heavy atom. The molecule has 1 aliphatic rings. The second-order valence-corrected chi connectivity index (χ2v) is 3.11. The topological polar surface area (TPSA) is 25.8 Å². The molecule has 1 aromatic rings. The van der Waals surface area contributed by atoms with Crippen molar-refractivity contribution in [2.45, 2.75) is 46.5 Å². The molecule has 0 spiro atoms. The van der Waals surface area contributed by atoms with Crippen molar-refractivity contribution < 1.29 is 0 Å². The van der Waals surface area contributed by atoms with Gasteiger partial charge in [0.25, 0.3) is 0 Å². The van der Waals surface area contributed by atoms with E-state index in [4.69, 9.17) is 0 Å². The number of hydrogen-bond donors (Lipinski definition) is 0. The average Bonchev–Trinajstić information content (AvgIpc) is 2.21. The van der Waals surface area contributed by atoms with Crippen LogP contribution in [0.5, 0.6) is 0 Å². The van der Waals surface area contributed by atoms with Gasteiger partial charge in [-0.15, -0.1) is 0 Å². The fourth-order valence-electron chi connectivity index (χ4n) is 1.55. The van der Waals surface area contributed by atoms with Gasteiger partial charge in [0.1, 0.15) is 0 Å². The molecule has 2 rings (SSSR count). The summed E-state index contributed by atoms with van der Waals surface area (Å²) in [5.74, 6) is 0. The lowest BCUT2D eigenvalue weighted by atomic mass is 10.0. The van der Waals surface area contributed by atoms with Crippen molar-refractivity contribution in [3.63, 3.8) is 0 Å². The van der Waals surface area contributed by atoms with E-state index in [1.54, 1.807) is 0 Å². The van der Waals surface area contributed by atoms with E-state index < -0.39 is 0 Å². The van der Waals surface area contributed by atoms with Crippen LogP contribution < -0.4 is 0 Å². The predicted molar refractivity (Wildman–Crippen MR) is 54.8 cm³/mol. The van der Waals surface area contributed by atoms with Gasteiger partial charge in [0.2, 0.25) is 0 Å². The van der Waals surface area contributed by atoms with E-state index in [0.29, 0.717) is 0 Å². The summed E-state index contributed by atoms with van der Waals surface area (Å²) in [6.45, 7) is 6.00. The molecule has 0 unspecified atom stereocenters. The van der Waals surface area contributed by atoms with E-state index >= 15 is 0 Å². The van der Waals surface area contributed by atoms with Crippen LogP contribution in [0.25, 0.3) is 0 Å². The standard InChI is InChI=1S/C9H12N2.C2H6/c1-7-6-10-8-4-2-3-5-9(8)11-7;1-2/h6H,2-5H2,1H3;1-2H3. The minimum absolute atomic E-state index is 1.05. The molecule has 13 heavy (non-hydrogen) atoms. The van der Waals surface area contributed by atoms with Gasteiger partial charge in [-0.25, -0.2) is 0 Å². The predicted octanol–water partition coefficient (Wildman–Crippen LogP) is 2.69. The van der Waals surface area contributed by atoms with Crippen LogP contribution in [-0.4, -0.2) is 9.97 Å². The molecule has 0 N–H and O–H groups in total. The molecule has 1 heterocycles. The van der Waals surface area contributed by atoms with Crippen molar-refractivity contribution in [2.75, 3.05) is 0 Å². The molecule has 0 bridgehead atoms. The molecule has 0 amide bonds. The van der Waals surface area contributed by atoms with Crippen molar-refractivity contribution >= 4 is 0 Å². The Morgan fingerprint density at radius 3 is 2.38 bits per heavy atom. The quantitative estimate of drug-likeness (QED) is 0.610. The minimum Gasteiger partial charge on any atom is -0.258 e. The monoisotopic (exact) mass is 178 g/mol. The van der Waals surface area contributed by atoms with Gasteiger partial charge in [-0.1, -0.05) is 13.8 Å². The Morgan fingerprint density at radius 1 is 1.08 bits per heavy atom. The molecule has 2 heteroatoms. The van der Waals surface area contributed by atoms with Crippen LogP contribution >= 0.6 is 0 Å². The summed E-state index contributed by atoms with van der Waals surface area (Å²) in [4.78, 5) is 8.81. The number of aromatic nitrogens is 2. The highest BCUT2D eigenvalue weighted by atomic mass is 14.8. The summed E-state index contributed by atoms with van der Waals surface area (Å²) in [6.07, 6.45) is 6.69. The molecule has 0 aliphatic heterocycles. The molecule has 0 fully saturated rings. The normalized spacial score (nSPS) is 14.1. The Kier molecular flexibility index (Phi) is 3.87. The zero-order valence-corrected chi connectivity index (χ0v) is 8.80. The maximum atomic E-state index is 4.45. The van der Waals surface area contributed by atoms with Crippen LogP contribution in [0.3, 0.4) is 0 Å². The highest BCUT2D eigenvalue weighted by Crippen LogP contribution is 2.16. The van der Waals surface area contributed by atoms with Crippen molar-refractivity contribution in [3.8, 4) is 0 Å². The van der Waals surface area contributed by atoms with Gasteiger partial charge in [-0.05, 0) is 32.6 Å². The number of rotatable bonds is 0. The highest BCUT2D eigenvalue weighted by molar-refractivity contribution is 5.16. The summed E-state index contributed by atoms with van der Waals surface area (Å²) in [6, 6.07) is 0. The first kappa shape index (κ1) is 10.2. The second-order valence-electron chi connectivity index (χ2n) is 3.11. The lowest BCUT2D eigenvalue weighted by molar-refractivity contribution is 0.646. The zero-order valence-electron chi connectivity index (χ0n) is 8.80. The van der Waals surface area contributed by atoms with Crippen LogP contribution in [0.2, 0.25) is 0 Å². The molecule has 0 radical (unpaired) electrons. The smallest absolute Gasteiger partial charge is 0.0621 e. The fraction of sp³-hybridized carbons (Fsp3) is 0.636. The number of fused-ring (bicyclic) bond motifs is 1. The summed E-state index contributed by atoms with van der Waals surface area (Å²) in [5.41, 5.74) is 3.50. The SMILES string of the molecule is CC.Cc1cnc2c(n1)CCCC2. The third kappa shape index (κ3) is 2.51. The van der Waals surface area contributed by atoms with Gasteiger partial charge in [0, 0.05) is 6.20 Å². The Bertz CT molecular complexity index is 269. The van der Waals surface area contributed by atoms with E-state index in [0.717, 1.165) is 18.5 Å². The Labute approximate surface area is 80.4 Å². The van der Waals surface area contributed by atoms with Crippen LogP contribution in [-0.2, 0) is 12.8 Å². The summed E-state index contributed by atoms with van der Waals surface area (Å²) < 4.78 is 0. The molecule has 1 aliphatic carbocycles. The van der Waals surface area contributed by atoms with Gasteiger partial charge < -0.3 is 0 Å². The van der Waals surface area contributed by atoms with Crippen molar-refractivity contribution in [3.05, 3.63) is 23.3 Å². The van der Waals surface area contributed by atoms with Gasteiger partial charge in [0.15, 0.2) is 0 Å². The van der Waals surface area contributed by atoms with Crippen molar-refractivity contribution in [1.29, 1.82) is 0 Å². The molecule has 1 aromatic heterocycles. The maximum Gasteiger partial charge on any atom is 0.0621 e. The van der Waals surface area contributed by atoms with Gasteiger partial charge in [-0.2, -0.15) is 0 Å². The van der Waals surface area contributed by atoms with E-state index in [1.807, 2.05) is 27.0 Å². The molecule has 72 valence electrons. The molecule has 0 aromatic carbocycles. The average molecular weight is 178 g/mol. The summed E-state index contributed by atoms with van der Waals surface area (Å²) in [5, 5.41) is 0. The minimum atomic E-state index is 1.05. The zero-order chi connectivity index (χ0) is 9.68. The summed E-state index contributed by atoms with van der Waals surface area (Å²) in [7, 11) is 0. The fourth-order valence-corrected chi connectivity index (χ4v) is 1.55. The third-order valence-electron chi connectivity index (χ3n) is 2.13. The maximum absolute atomic E-state index is 4.45. The largest absolute Gasteiger partial charge is 0.258 e. The number of nitrogens with zero attached hydrogens (tertiary/aromatic N) is 2. The van der Waals surface area contributed by atoms with Gasteiger partial charge in [0.05, 0.1) is 17.1 Å². The van der Waals surface area contributed by atoms with Gasteiger partial charge >= 0.3 is 0 Å².